The van der Waals surface area contributed by atoms with Gasteiger partial charge in [0.05, 0.1) is 0 Å². The van der Waals surface area contributed by atoms with E-state index in [1.54, 1.807) is 0 Å². The minimum Gasteiger partial charge on any atom is -0.340 e. The molecule has 0 radical (unpaired) electrons. The number of likely N-dealkylation sites (tertiary alicyclic amines) is 1. The molecule has 3 heterocycles. The van der Waals surface area contributed by atoms with Crippen molar-refractivity contribution in [1.29, 1.82) is 0 Å². The van der Waals surface area contributed by atoms with Gasteiger partial charge in [-0.2, -0.15) is 0 Å². The van der Waals surface area contributed by atoms with Crippen LogP contribution in [0.2, 0.25) is 0 Å². The number of carbonyl (C=O) groups excluding carboxylic acids is 1. The van der Waals surface area contributed by atoms with Gasteiger partial charge in [0, 0.05) is 57.3 Å². The van der Waals surface area contributed by atoms with E-state index in [0.29, 0.717) is 17.2 Å². The van der Waals surface area contributed by atoms with Gasteiger partial charge in [-0.3, -0.25) is 14.6 Å². The van der Waals surface area contributed by atoms with Crippen LogP contribution in [-0.2, 0) is 4.79 Å². The molecule has 3 saturated heterocycles. The van der Waals surface area contributed by atoms with Crippen LogP contribution in [0.3, 0.4) is 0 Å². The molecule has 3 atom stereocenters. The molecule has 0 bridgehead atoms. The number of amides is 1. The SMILES string of the molecule is C[C@@H]1CC[C@H](C)N1CCN1CCN(C(=O)[C@H]2CC23CCNCC3)CC1. The van der Waals surface area contributed by atoms with E-state index < -0.39 is 0 Å². The van der Waals surface area contributed by atoms with Gasteiger partial charge >= 0.3 is 0 Å². The predicted molar refractivity (Wildman–Crippen MR) is 101 cm³/mol. The first-order valence-electron chi connectivity index (χ1n) is 10.6. The van der Waals surface area contributed by atoms with Crippen molar-refractivity contribution >= 4 is 5.91 Å². The van der Waals surface area contributed by atoms with Gasteiger partial charge in [0.1, 0.15) is 0 Å². The molecule has 5 nitrogen and oxygen atoms in total. The fraction of sp³-hybridized carbons (Fsp3) is 0.950. The number of hydrogen-bond donors (Lipinski definition) is 1. The molecule has 1 aliphatic carbocycles. The summed E-state index contributed by atoms with van der Waals surface area (Å²) in [5.74, 6) is 0.802. The fourth-order valence-electron chi connectivity index (χ4n) is 5.53. The summed E-state index contributed by atoms with van der Waals surface area (Å²) >= 11 is 0. The number of hydrogen-bond acceptors (Lipinski definition) is 4. The number of piperazine rings is 1. The molecule has 0 aromatic rings. The monoisotopic (exact) mass is 348 g/mol. The van der Waals surface area contributed by atoms with Crippen LogP contribution in [0.15, 0.2) is 0 Å². The van der Waals surface area contributed by atoms with Crippen molar-refractivity contribution in [3.63, 3.8) is 0 Å². The van der Waals surface area contributed by atoms with E-state index in [0.717, 1.165) is 64.3 Å². The van der Waals surface area contributed by atoms with Crippen LogP contribution < -0.4 is 5.32 Å². The van der Waals surface area contributed by atoms with Crippen LogP contribution in [0.5, 0.6) is 0 Å². The van der Waals surface area contributed by atoms with E-state index in [-0.39, 0.29) is 0 Å². The van der Waals surface area contributed by atoms with E-state index in [9.17, 15) is 4.79 Å². The zero-order valence-electron chi connectivity index (χ0n) is 16.2. The van der Waals surface area contributed by atoms with Crippen molar-refractivity contribution in [2.24, 2.45) is 11.3 Å². The van der Waals surface area contributed by atoms with E-state index >= 15 is 0 Å². The molecule has 1 saturated carbocycles. The average Bonchev–Trinajstić information content (AvgIpc) is 3.22. The Morgan fingerprint density at radius 3 is 2.28 bits per heavy atom. The summed E-state index contributed by atoms with van der Waals surface area (Å²) in [5, 5.41) is 3.43. The highest BCUT2D eigenvalue weighted by Gasteiger charge is 2.58. The zero-order chi connectivity index (χ0) is 17.4. The second kappa shape index (κ2) is 7.16. The van der Waals surface area contributed by atoms with Crippen LogP contribution in [0.4, 0.5) is 0 Å². The molecule has 0 aromatic carbocycles. The Labute approximate surface area is 153 Å². The van der Waals surface area contributed by atoms with Gasteiger partial charge in [-0.25, -0.2) is 0 Å². The van der Waals surface area contributed by atoms with Crippen LogP contribution >= 0.6 is 0 Å². The first-order valence-corrected chi connectivity index (χ1v) is 10.6. The maximum absolute atomic E-state index is 12.9. The Morgan fingerprint density at radius 2 is 1.64 bits per heavy atom. The van der Waals surface area contributed by atoms with Gasteiger partial charge in [-0.15, -0.1) is 0 Å². The third-order valence-corrected chi connectivity index (χ3v) is 7.58. The predicted octanol–water partition coefficient (Wildman–Crippen LogP) is 1.39. The average molecular weight is 349 g/mol. The highest BCUT2D eigenvalue weighted by molar-refractivity contribution is 5.82. The Hall–Kier alpha value is -0.650. The minimum absolute atomic E-state index is 0.340. The molecule has 0 aromatic heterocycles. The molecule has 4 rings (SSSR count). The minimum atomic E-state index is 0.340. The Bertz CT molecular complexity index is 472. The number of nitrogens with one attached hydrogen (secondary N) is 1. The lowest BCUT2D eigenvalue weighted by Gasteiger charge is -2.37. The third-order valence-electron chi connectivity index (χ3n) is 7.58. The number of nitrogens with zero attached hydrogens (tertiary/aromatic N) is 3. The molecule has 1 N–H and O–H groups in total. The van der Waals surface area contributed by atoms with Crippen LogP contribution in [0.1, 0.15) is 46.0 Å². The highest BCUT2D eigenvalue weighted by atomic mass is 16.2. The van der Waals surface area contributed by atoms with Crippen molar-refractivity contribution in [3.8, 4) is 0 Å². The van der Waals surface area contributed by atoms with Gasteiger partial charge in [-0.1, -0.05) is 0 Å². The molecule has 0 unspecified atom stereocenters. The molecule has 5 heteroatoms. The number of carbonyl (C=O) groups is 1. The van der Waals surface area contributed by atoms with E-state index in [1.165, 1.54) is 32.2 Å². The van der Waals surface area contributed by atoms with Crippen molar-refractivity contribution in [1.82, 2.24) is 20.0 Å². The molecule has 25 heavy (non-hydrogen) atoms. The number of rotatable bonds is 4. The maximum atomic E-state index is 12.9. The molecule has 1 amide bonds. The summed E-state index contributed by atoms with van der Waals surface area (Å²) < 4.78 is 0. The van der Waals surface area contributed by atoms with Gasteiger partial charge < -0.3 is 10.2 Å². The van der Waals surface area contributed by atoms with E-state index in [1.807, 2.05) is 0 Å². The summed E-state index contributed by atoms with van der Waals surface area (Å²) in [7, 11) is 0. The number of piperidine rings is 1. The quantitative estimate of drug-likeness (QED) is 0.833. The van der Waals surface area contributed by atoms with Gasteiger partial charge in [-0.05, 0) is 64.5 Å². The summed E-state index contributed by atoms with van der Waals surface area (Å²) in [6, 6.07) is 1.49. The topological polar surface area (TPSA) is 38.8 Å². The second-order valence-corrected chi connectivity index (χ2v) is 9.05. The third kappa shape index (κ3) is 3.60. The van der Waals surface area contributed by atoms with Gasteiger partial charge in [0.25, 0.3) is 0 Å². The normalized spacial score (nSPS) is 36.1. The summed E-state index contributed by atoms with van der Waals surface area (Å²) in [6.45, 7) is 13.3. The first kappa shape index (κ1) is 17.7. The summed E-state index contributed by atoms with van der Waals surface area (Å²) in [6.07, 6.45) is 6.26. The lowest BCUT2D eigenvalue weighted by atomic mass is 9.91. The fourth-order valence-corrected chi connectivity index (χ4v) is 5.53. The maximum Gasteiger partial charge on any atom is 0.226 e. The molecule has 4 fully saturated rings. The van der Waals surface area contributed by atoms with Crippen molar-refractivity contribution in [2.45, 2.75) is 58.0 Å². The summed E-state index contributed by atoms with van der Waals surface area (Å²) in [4.78, 5) is 20.3. The zero-order valence-corrected chi connectivity index (χ0v) is 16.2. The van der Waals surface area contributed by atoms with Crippen LogP contribution in [-0.4, -0.2) is 85.0 Å². The molecule has 1 spiro atoms. The molecule has 3 aliphatic heterocycles. The Balaban J connectivity index is 1.20. The van der Waals surface area contributed by atoms with Gasteiger partial charge in [0.2, 0.25) is 5.91 Å². The molecular weight excluding hydrogens is 312 g/mol. The van der Waals surface area contributed by atoms with Crippen LogP contribution in [0, 0.1) is 11.3 Å². The first-order chi connectivity index (χ1) is 12.1. The van der Waals surface area contributed by atoms with E-state index in [2.05, 4.69) is 33.9 Å². The standard InChI is InChI=1S/C20H36N4O/c1-16-3-4-17(2)24(16)14-11-22-9-12-23(13-10-22)19(25)18-15-20(18)5-7-21-8-6-20/h16-18,21H,3-15H2,1-2H3/t16-,17+,18-/m1/s1. The Morgan fingerprint density at radius 1 is 1.00 bits per heavy atom. The summed E-state index contributed by atoms with van der Waals surface area (Å²) in [5.41, 5.74) is 0.376. The largest absolute Gasteiger partial charge is 0.340 e. The van der Waals surface area contributed by atoms with Crippen molar-refractivity contribution < 1.29 is 4.79 Å². The smallest absolute Gasteiger partial charge is 0.226 e. The lowest BCUT2D eigenvalue weighted by Crippen LogP contribution is -2.51. The van der Waals surface area contributed by atoms with E-state index in [4.69, 9.17) is 0 Å². The molecule has 4 aliphatic rings. The Kier molecular flexibility index (Phi) is 5.09. The molecule has 142 valence electrons. The lowest BCUT2D eigenvalue weighted by molar-refractivity contribution is -0.135. The second-order valence-electron chi connectivity index (χ2n) is 9.05. The molecular formula is C20H36N4O. The van der Waals surface area contributed by atoms with Crippen LogP contribution in [0.25, 0.3) is 0 Å². The van der Waals surface area contributed by atoms with Crippen molar-refractivity contribution in [2.75, 3.05) is 52.4 Å². The van der Waals surface area contributed by atoms with Crippen molar-refractivity contribution in [3.05, 3.63) is 0 Å². The van der Waals surface area contributed by atoms with Gasteiger partial charge in [0.15, 0.2) is 0 Å². The highest BCUT2D eigenvalue weighted by Crippen LogP contribution is 2.59.